The van der Waals surface area contributed by atoms with Crippen molar-refractivity contribution in [2.24, 2.45) is 5.73 Å². The molecule has 1 aliphatic rings. The Morgan fingerprint density at radius 1 is 1.14 bits per heavy atom. The summed E-state index contributed by atoms with van der Waals surface area (Å²) in [4.78, 5) is 14.1. The molecule has 21 heavy (non-hydrogen) atoms. The molecule has 2 aromatic rings. The second kappa shape index (κ2) is 5.46. The van der Waals surface area contributed by atoms with Gasteiger partial charge < -0.3 is 20.1 Å². The van der Waals surface area contributed by atoms with Crippen LogP contribution in [0.1, 0.15) is 15.9 Å². The molecule has 0 bridgehead atoms. The van der Waals surface area contributed by atoms with Gasteiger partial charge in [0.1, 0.15) is 0 Å². The fraction of sp³-hybridized carbons (Fsp3) is 0.188. The molecule has 1 amide bonds. The van der Waals surface area contributed by atoms with Crippen molar-refractivity contribution in [2.75, 3.05) is 18.7 Å². The Morgan fingerprint density at radius 3 is 2.57 bits per heavy atom. The van der Waals surface area contributed by atoms with Crippen LogP contribution in [0.25, 0.3) is 0 Å². The first-order valence-corrected chi connectivity index (χ1v) is 6.66. The van der Waals surface area contributed by atoms with Crippen LogP contribution in [0.5, 0.6) is 11.5 Å². The maximum absolute atomic E-state index is 12.5. The summed E-state index contributed by atoms with van der Waals surface area (Å²) in [6, 6.07) is 12.8. The van der Waals surface area contributed by atoms with Crippen LogP contribution in [0.3, 0.4) is 0 Å². The first-order valence-electron chi connectivity index (χ1n) is 6.66. The Balaban J connectivity index is 1.83. The number of nitrogens with two attached hydrogens (primary N) is 1. The highest BCUT2D eigenvalue weighted by molar-refractivity contribution is 6.06. The first-order chi connectivity index (χ1) is 10.2. The van der Waals surface area contributed by atoms with Crippen molar-refractivity contribution in [1.82, 2.24) is 0 Å². The van der Waals surface area contributed by atoms with Gasteiger partial charge in [-0.3, -0.25) is 4.79 Å². The molecule has 0 saturated heterocycles. The third kappa shape index (κ3) is 2.55. The zero-order chi connectivity index (χ0) is 14.8. The van der Waals surface area contributed by atoms with E-state index < -0.39 is 0 Å². The number of amides is 1. The minimum Gasteiger partial charge on any atom is -0.454 e. The van der Waals surface area contributed by atoms with Gasteiger partial charge in [-0.25, -0.2) is 0 Å². The fourth-order valence-electron chi connectivity index (χ4n) is 2.20. The molecule has 0 fully saturated rings. The van der Waals surface area contributed by atoms with Crippen LogP contribution >= 0.6 is 0 Å². The summed E-state index contributed by atoms with van der Waals surface area (Å²) in [5.41, 5.74) is 7.98. The maximum atomic E-state index is 12.5. The highest BCUT2D eigenvalue weighted by Crippen LogP contribution is 2.33. The van der Waals surface area contributed by atoms with E-state index in [2.05, 4.69) is 0 Å². The molecule has 0 atom stereocenters. The van der Waals surface area contributed by atoms with Gasteiger partial charge in [-0.15, -0.1) is 0 Å². The lowest BCUT2D eigenvalue weighted by molar-refractivity contribution is 0.0992. The number of benzene rings is 2. The van der Waals surface area contributed by atoms with Crippen LogP contribution < -0.4 is 20.1 Å². The normalized spacial score (nSPS) is 12.3. The van der Waals surface area contributed by atoms with E-state index in [9.17, 15) is 4.79 Å². The van der Waals surface area contributed by atoms with E-state index in [1.54, 1.807) is 30.1 Å². The van der Waals surface area contributed by atoms with E-state index in [0.29, 0.717) is 23.6 Å². The van der Waals surface area contributed by atoms with Gasteiger partial charge in [0.15, 0.2) is 11.5 Å². The minimum atomic E-state index is -0.103. The summed E-state index contributed by atoms with van der Waals surface area (Å²) >= 11 is 0. The van der Waals surface area contributed by atoms with E-state index in [0.717, 1.165) is 11.3 Å². The number of nitrogens with zero attached hydrogens (tertiary/aromatic N) is 1. The van der Waals surface area contributed by atoms with E-state index in [-0.39, 0.29) is 12.7 Å². The Kier molecular flexibility index (Phi) is 3.50. The van der Waals surface area contributed by atoms with Crippen molar-refractivity contribution >= 4 is 11.6 Å². The highest BCUT2D eigenvalue weighted by atomic mass is 16.7. The van der Waals surface area contributed by atoms with Crippen molar-refractivity contribution in [2.45, 2.75) is 6.54 Å². The Bertz CT molecular complexity index is 668. The number of anilines is 1. The molecule has 3 rings (SSSR count). The summed E-state index contributed by atoms with van der Waals surface area (Å²) in [5.74, 6) is 1.17. The zero-order valence-corrected chi connectivity index (χ0v) is 11.7. The lowest BCUT2D eigenvalue weighted by Gasteiger charge is -2.18. The molecule has 1 heterocycles. The number of rotatable bonds is 3. The topological polar surface area (TPSA) is 64.8 Å². The number of ether oxygens (including phenoxy) is 2. The maximum Gasteiger partial charge on any atom is 0.258 e. The summed E-state index contributed by atoms with van der Waals surface area (Å²) < 4.78 is 10.5. The average Bonchev–Trinajstić information content (AvgIpc) is 3.01. The van der Waals surface area contributed by atoms with Gasteiger partial charge in [0.05, 0.1) is 0 Å². The van der Waals surface area contributed by atoms with E-state index >= 15 is 0 Å². The molecule has 2 aromatic carbocycles. The van der Waals surface area contributed by atoms with E-state index in [1.807, 2.05) is 24.3 Å². The lowest BCUT2D eigenvalue weighted by Crippen LogP contribution is -2.26. The summed E-state index contributed by atoms with van der Waals surface area (Å²) in [6.07, 6.45) is 0. The van der Waals surface area contributed by atoms with Gasteiger partial charge in [0.25, 0.3) is 5.91 Å². The number of carbonyl (C=O) groups is 1. The van der Waals surface area contributed by atoms with Crippen LogP contribution in [-0.2, 0) is 6.54 Å². The lowest BCUT2D eigenvalue weighted by atomic mass is 10.1. The van der Waals surface area contributed by atoms with E-state index in [1.165, 1.54) is 0 Å². The molecule has 0 spiro atoms. The second-order valence-corrected chi connectivity index (χ2v) is 4.80. The van der Waals surface area contributed by atoms with Crippen molar-refractivity contribution in [3.05, 3.63) is 53.6 Å². The number of carbonyl (C=O) groups excluding carboxylic acids is 1. The first kappa shape index (κ1) is 13.5. The molecular weight excluding hydrogens is 268 g/mol. The van der Waals surface area contributed by atoms with Crippen molar-refractivity contribution in [3.63, 3.8) is 0 Å². The predicted molar refractivity (Wildman–Crippen MR) is 79.6 cm³/mol. The van der Waals surface area contributed by atoms with Gasteiger partial charge >= 0.3 is 0 Å². The van der Waals surface area contributed by atoms with Crippen LogP contribution in [0.15, 0.2) is 42.5 Å². The molecule has 2 N–H and O–H groups in total. The third-order valence-corrected chi connectivity index (χ3v) is 3.48. The summed E-state index contributed by atoms with van der Waals surface area (Å²) in [7, 11) is 1.74. The monoisotopic (exact) mass is 284 g/mol. The van der Waals surface area contributed by atoms with Crippen molar-refractivity contribution in [1.29, 1.82) is 0 Å². The zero-order valence-electron chi connectivity index (χ0n) is 11.7. The fourth-order valence-corrected chi connectivity index (χ4v) is 2.20. The van der Waals surface area contributed by atoms with Crippen LogP contribution in [0.2, 0.25) is 0 Å². The molecule has 0 saturated carbocycles. The highest BCUT2D eigenvalue weighted by Gasteiger charge is 2.19. The Hall–Kier alpha value is -2.53. The molecule has 0 unspecified atom stereocenters. The van der Waals surface area contributed by atoms with Gasteiger partial charge in [-0.2, -0.15) is 0 Å². The van der Waals surface area contributed by atoms with E-state index in [4.69, 9.17) is 15.2 Å². The largest absolute Gasteiger partial charge is 0.454 e. The average molecular weight is 284 g/mol. The van der Waals surface area contributed by atoms with Gasteiger partial charge in [0.2, 0.25) is 6.79 Å². The molecule has 5 nitrogen and oxygen atoms in total. The molecule has 108 valence electrons. The third-order valence-electron chi connectivity index (χ3n) is 3.48. The Morgan fingerprint density at radius 2 is 1.86 bits per heavy atom. The van der Waals surface area contributed by atoms with Crippen LogP contribution in [-0.4, -0.2) is 19.7 Å². The molecule has 0 aromatic heterocycles. The smallest absolute Gasteiger partial charge is 0.258 e. The Labute approximate surface area is 122 Å². The predicted octanol–water partition coefficient (Wildman–Crippen LogP) is 2.15. The minimum absolute atomic E-state index is 0.103. The summed E-state index contributed by atoms with van der Waals surface area (Å²) in [5, 5.41) is 0. The quantitative estimate of drug-likeness (QED) is 0.938. The summed E-state index contributed by atoms with van der Waals surface area (Å²) in [6.45, 7) is 0.684. The SMILES string of the molecule is CN(C(=O)c1ccc2c(c1)OCO2)c1ccc(CN)cc1. The number of hydrogen-bond acceptors (Lipinski definition) is 4. The van der Waals surface area contributed by atoms with Gasteiger partial charge in [0, 0.05) is 24.8 Å². The molecular formula is C16H16N2O3. The number of hydrogen-bond donors (Lipinski definition) is 1. The number of fused-ring (bicyclic) bond motifs is 1. The van der Waals surface area contributed by atoms with Crippen molar-refractivity contribution in [3.8, 4) is 11.5 Å². The van der Waals surface area contributed by atoms with Gasteiger partial charge in [-0.05, 0) is 35.9 Å². The molecule has 5 heteroatoms. The van der Waals surface area contributed by atoms with Gasteiger partial charge in [-0.1, -0.05) is 12.1 Å². The second-order valence-electron chi connectivity index (χ2n) is 4.80. The molecule has 0 aliphatic carbocycles. The molecule has 0 radical (unpaired) electrons. The molecule has 1 aliphatic heterocycles. The van der Waals surface area contributed by atoms with Crippen LogP contribution in [0.4, 0.5) is 5.69 Å². The standard InChI is InChI=1S/C16H16N2O3/c1-18(13-5-2-11(9-17)3-6-13)16(19)12-4-7-14-15(8-12)21-10-20-14/h2-8H,9-10,17H2,1H3. The van der Waals surface area contributed by atoms with Crippen molar-refractivity contribution < 1.29 is 14.3 Å². The van der Waals surface area contributed by atoms with Crippen LogP contribution in [0, 0.1) is 0 Å².